The molecule has 7 heteroatoms. The van der Waals surface area contributed by atoms with Crippen LogP contribution in [-0.2, 0) is 28.6 Å². The minimum Gasteiger partial charge on any atom is -0.465 e. The van der Waals surface area contributed by atoms with Crippen molar-refractivity contribution >= 4 is 17.9 Å². The number of hydrogen-bond acceptors (Lipinski definition) is 7. The Bertz CT molecular complexity index is 1030. The monoisotopic (exact) mass is 790 g/mol. The fourth-order valence-electron chi connectivity index (χ4n) is 7.27. The third kappa shape index (κ3) is 31.0. The lowest BCUT2D eigenvalue weighted by atomic mass is 9.86. The van der Waals surface area contributed by atoms with Crippen molar-refractivity contribution < 1.29 is 28.6 Å². The van der Waals surface area contributed by atoms with Gasteiger partial charge in [0.25, 0.3) is 0 Å². The minimum absolute atomic E-state index is 0.0795. The molecule has 0 N–H and O–H groups in total. The number of nitrogens with zero attached hydrogens (tertiary/aromatic N) is 1. The smallest absolute Gasteiger partial charge is 0.312 e. The molecule has 0 saturated heterocycles. The van der Waals surface area contributed by atoms with Gasteiger partial charge in [-0.25, -0.2) is 0 Å². The highest BCUT2D eigenvalue weighted by molar-refractivity contribution is 5.76. The highest BCUT2D eigenvalue weighted by Crippen LogP contribution is 2.29. The van der Waals surface area contributed by atoms with Crippen LogP contribution in [0.25, 0.3) is 0 Å². The molecule has 0 amide bonds. The van der Waals surface area contributed by atoms with Gasteiger partial charge in [-0.15, -0.1) is 0 Å². The van der Waals surface area contributed by atoms with Gasteiger partial charge in [0.05, 0.1) is 17.4 Å². The molecular formula is C49H91NO6. The molecule has 56 heavy (non-hydrogen) atoms. The van der Waals surface area contributed by atoms with Gasteiger partial charge < -0.3 is 19.1 Å². The summed E-state index contributed by atoms with van der Waals surface area (Å²) >= 11 is 0. The van der Waals surface area contributed by atoms with Crippen LogP contribution in [0.1, 0.15) is 228 Å². The number of esters is 3. The van der Waals surface area contributed by atoms with E-state index in [4.69, 9.17) is 14.2 Å². The van der Waals surface area contributed by atoms with Gasteiger partial charge in [-0.05, 0) is 118 Å². The Hall–Kier alpha value is -2.07. The van der Waals surface area contributed by atoms with E-state index in [2.05, 4.69) is 37.5 Å². The molecule has 0 aromatic carbocycles. The second-order valence-electron chi connectivity index (χ2n) is 18.2. The topological polar surface area (TPSA) is 82.1 Å². The fraction of sp³-hybridized carbons (Fsp3) is 0.898. The first-order valence-corrected chi connectivity index (χ1v) is 23.4. The maximum absolute atomic E-state index is 13.0. The molecular weight excluding hydrogens is 699 g/mol. The Kier molecular flexibility index (Phi) is 33.6. The molecule has 7 nitrogen and oxygen atoms in total. The maximum atomic E-state index is 13.0. The summed E-state index contributed by atoms with van der Waals surface area (Å²) in [6.45, 7) is 16.2. The van der Waals surface area contributed by atoms with E-state index in [-0.39, 0.29) is 30.6 Å². The Labute approximate surface area is 347 Å². The van der Waals surface area contributed by atoms with Gasteiger partial charge in [-0.1, -0.05) is 135 Å². The largest absolute Gasteiger partial charge is 0.465 e. The van der Waals surface area contributed by atoms with Gasteiger partial charge in [0.2, 0.25) is 0 Å². The van der Waals surface area contributed by atoms with Crippen LogP contribution < -0.4 is 0 Å². The van der Waals surface area contributed by atoms with Gasteiger partial charge in [-0.2, -0.15) is 0 Å². The standard InChI is InChI=1S/C49H91NO6/c1-10-13-16-17-18-19-20-29-41-54-46(52)48(4,5)38-27-21-25-35-44(56-45(51)37-30-40-50(8)9)36-26-22-28-39-49(6,7)47(53)55-42-31-34-43(32-23-14-11-2)33-24-15-12-3/h43-44H,10-19,21-28,30-42H2,1-9H3. The number of unbranched alkanes of at least 4 members (excludes halogenated alkanes) is 13. The number of carbonyl (C=O) groups excluding carboxylic acids is 3. The molecule has 328 valence electrons. The summed E-state index contributed by atoms with van der Waals surface area (Å²) in [5.74, 6) is 6.53. The van der Waals surface area contributed by atoms with E-state index in [1.807, 2.05) is 41.8 Å². The van der Waals surface area contributed by atoms with Crippen LogP contribution in [-0.4, -0.2) is 62.8 Å². The molecule has 0 saturated carbocycles. The SMILES string of the molecule is CCCCCCCC#CCOC(=O)C(C)(C)CCCCCC(CCCCCC(C)(C)C(=O)OCCCC(CCCCC)CCCCC)OC(=O)CCCN(C)C. The third-order valence-corrected chi connectivity index (χ3v) is 11.3. The van der Waals surface area contributed by atoms with E-state index in [1.54, 1.807) is 0 Å². The summed E-state index contributed by atoms with van der Waals surface area (Å²) in [5, 5.41) is 0. The van der Waals surface area contributed by atoms with Crippen molar-refractivity contribution in [3.8, 4) is 11.8 Å². The number of hydrogen-bond donors (Lipinski definition) is 0. The van der Waals surface area contributed by atoms with Crippen LogP contribution in [0.5, 0.6) is 0 Å². The summed E-state index contributed by atoms with van der Waals surface area (Å²) in [6.07, 6.45) is 29.5. The molecule has 1 atom stereocenters. The van der Waals surface area contributed by atoms with Crippen molar-refractivity contribution in [2.45, 2.75) is 234 Å². The lowest BCUT2D eigenvalue weighted by molar-refractivity contribution is -0.155. The molecule has 0 spiro atoms. The Morgan fingerprint density at radius 3 is 1.59 bits per heavy atom. The van der Waals surface area contributed by atoms with Crippen LogP contribution in [0.15, 0.2) is 0 Å². The molecule has 0 bridgehead atoms. The Morgan fingerprint density at radius 1 is 0.554 bits per heavy atom. The predicted molar refractivity (Wildman–Crippen MR) is 235 cm³/mol. The van der Waals surface area contributed by atoms with Crippen LogP contribution in [0, 0.1) is 28.6 Å². The van der Waals surface area contributed by atoms with E-state index in [1.165, 1.54) is 77.0 Å². The molecule has 1 unspecified atom stereocenters. The zero-order valence-electron chi connectivity index (χ0n) is 38.5. The summed E-state index contributed by atoms with van der Waals surface area (Å²) in [6, 6.07) is 0. The van der Waals surface area contributed by atoms with Crippen LogP contribution in [0.4, 0.5) is 0 Å². The van der Waals surface area contributed by atoms with Crippen molar-refractivity contribution in [2.24, 2.45) is 16.7 Å². The summed E-state index contributed by atoms with van der Waals surface area (Å²) in [7, 11) is 4.03. The second kappa shape index (κ2) is 34.9. The lowest BCUT2D eigenvalue weighted by Crippen LogP contribution is -2.27. The predicted octanol–water partition coefficient (Wildman–Crippen LogP) is 13.2. The molecule has 0 aromatic heterocycles. The zero-order valence-corrected chi connectivity index (χ0v) is 38.5. The van der Waals surface area contributed by atoms with Crippen molar-refractivity contribution in [1.29, 1.82) is 0 Å². The van der Waals surface area contributed by atoms with Gasteiger partial charge in [0.1, 0.15) is 6.10 Å². The van der Waals surface area contributed by atoms with Gasteiger partial charge >= 0.3 is 17.9 Å². The van der Waals surface area contributed by atoms with E-state index >= 15 is 0 Å². The van der Waals surface area contributed by atoms with Crippen molar-refractivity contribution in [1.82, 2.24) is 4.90 Å². The Morgan fingerprint density at radius 2 is 1.04 bits per heavy atom. The van der Waals surface area contributed by atoms with E-state index in [0.717, 1.165) is 109 Å². The highest BCUT2D eigenvalue weighted by Gasteiger charge is 2.30. The van der Waals surface area contributed by atoms with Crippen LogP contribution in [0.3, 0.4) is 0 Å². The molecule has 0 aliphatic rings. The average Bonchev–Trinajstić information content (AvgIpc) is 3.14. The first-order chi connectivity index (χ1) is 26.8. The quantitative estimate of drug-likeness (QED) is 0.0268. The number of carbonyl (C=O) groups is 3. The Balaban J connectivity index is 4.69. The first kappa shape index (κ1) is 53.9. The van der Waals surface area contributed by atoms with E-state index in [9.17, 15) is 14.4 Å². The fourth-order valence-corrected chi connectivity index (χ4v) is 7.27. The van der Waals surface area contributed by atoms with Crippen LogP contribution in [0.2, 0.25) is 0 Å². The zero-order chi connectivity index (χ0) is 41.9. The van der Waals surface area contributed by atoms with E-state index < -0.39 is 10.8 Å². The van der Waals surface area contributed by atoms with Gasteiger partial charge in [0, 0.05) is 12.8 Å². The number of rotatable bonds is 37. The lowest BCUT2D eigenvalue weighted by Gasteiger charge is -2.23. The summed E-state index contributed by atoms with van der Waals surface area (Å²) in [4.78, 5) is 40.6. The molecule has 0 fully saturated rings. The molecule has 0 heterocycles. The number of ether oxygens (including phenoxy) is 3. The molecule has 0 aromatic rings. The molecule has 0 rings (SSSR count). The average molecular weight is 790 g/mol. The maximum Gasteiger partial charge on any atom is 0.312 e. The summed E-state index contributed by atoms with van der Waals surface area (Å²) < 4.78 is 17.3. The summed E-state index contributed by atoms with van der Waals surface area (Å²) in [5.41, 5.74) is -1.05. The third-order valence-electron chi connectivity index (χ3n) is 11.3. The van der Waals surface area contributed by atoms with Gasteiger partial charge in [-0.3, -0.25) is 14.4 Å². The highest BCUT2D eigenvalue weighted by atomic mass is 16.5. The normalized spacial score (nSPS) is 12.4. The minimum atomic E-state index is -0.550. The first-order valence-electron chi connectivity index (χ1n) is 23.4. The van der Waals surface area contributed by atoms with Crippen LogP contribution >= 0.6 is 0 Å². The van der Waals surface area contributed by atoms with E-state index in [0.29, 0.717) is 13.0 Å². The second-order valence-corrected chi connectivity index (χ2v) is 18.2. The molecule has 0 radical (unpaired) electrons. The molecule has 0 aliphatic heterocycles. The van der Waals surface area contributed by atoms with Crippen molar-refractivity contribution in [2.75, 3.05) is 33.9 Å². The molecule has 0 aliphatic carbocycles. The van der Waals surface area contributed by atoms with Gasteiger partial charge in [0.15, 0.2) is 6.61 Å². The van der Waals surface area contributed by atoms with Crippen molar-refractivity contribution in [3.63, 3.8) is 0 Å². The van der Waals surface area contributed by atoms with Crippen molar-refractivity contribution in [3.05, 3.63) is 0 Å².